The van der Waals surface area contributed by atoms with Crippen molar-refractivity contribution >= 4 is 35.1 Å². The number of nitrogens with zero attached hydrogens (tertiary/aromatic N) is 4. The maximum Gasteiger partial charge on any atom is 0.255 e. The minimum Gasteiger partial charge on any atom is -0.492 e. The van der Waals surface area contributed by atoms with Crippen molar-refractivity contribution in [3.05, 3.63) is 100 Å². The van der Waals surface area contributed by atoms with Crippen LogP contribution in [0.25, 0.3) is 28.1 Å². The van der Waals surface area contributed by atoms with E-state index in [-0.39, 0.29) is 57.8 Å². The lowest BCUT2D eigenvalue weighted by atomic mass is 9.93. The number of carbonyl (C=O) groups is 5. The number of nitrogens with two attached hydrogens (primary N) is 3. The second-order valence-electron chi connectivity index (χ2n) is 16.8. The number of aromatic nitrogens is 2. The molecule has 18 heteroatoms. The van der Waals surface area contributed by atoms with Crippen LogP contribution >= 0.6 is 0 Å². The molecule has 4 atom stereocenters. The van der Waals surface area contributed by atoms with Crippen LogP contribution in [-0.4, -0.2) is 109 Å². The highest BCUT2D eigenvalue weighted by molar-refractivity contribution is 6.00. The van der Waals surface area contributed by atoms with E-state index >= 15 is 0 Å². The van der Waals surface area contributed by atoms with Gasteiger partial charge in [0, 0.05) is 43.2 Å². The first-order valence-electron chi connectivity index (χ1n) is 22.9. The number of likely N-dealkylation sites (N-methyl/N-ethyl adjacent to an activating group) is 1. The molecule has 1 aromatic heterocycles. The van der Waals surface area contributed by atoms with Gasteiger partial charge in [-0.15, -0.1) is 0 Å². The second-order valence-corrected chi connectivity index (χ2v) is 16.8. The van der Waals surface area contributed by atoms with Gasteiger partial charge >= 0.3 is 0 Å². The number of hydrogen-bond acceptors (Lipinski definition) is 13. The predicted octanol–water partition coefficient (Wildman–Crippen LogP) is 2.89. The Morgan fingerprint density at radius 3 is 2.13 bits per heavy atom. The Morgan fingerprint density at radius 1 is 0.868 bits per heavy atom. The number of nitrogens with one attached hydrogen (secondary N) is 4. The topological polar surface area (TPSA) is 283 Å². The molecule has 0 saturated heterocycles. The van der Waals surface area contributed by atoms with Gasteiger partial charge in [0.25, 0.3) is 5.91 Å². The van der Waals surface area contributed by atoms with Crippen molar-refractivity contribution in [2.24, 2.45) is 17.2 Å². The van der Waals surface area contributed by atoms with E-state index in [2.05, 4.69) is 39.5 Å². The summed E-state index contributed by atoms with van der Waals surface area (Å²) >= 11 is 0. The maximum atomic E-state index is 14.8. The Morgan fingerprint density at radius 2 is 1.51 bits per heavy atom. The highest BCUT2D eigenvalue weighted by atomic mass is 16.5. The van der Waals surface area contributed by atoms with E-state index in [1.54, 1.807) is 50.2 Å². The Balaban J connectivity index is 1.36. The summed E-state index contributed by atoms with van der Waals surface area (Å²) in [6.45, 7) is 5.23. The number of rotatable bonds is 16. The third kappa shape index (κ3) is 12.0. The van der Waals surface area contributed by atoms with Crippen LogP contribution in [0.3, 0.4) is 0 Å². The summed E-state index contributed by atoms with van der Waals surface area (Å²) in [5, 5.41) is 20.0. The van der Waals surface area contributed by atoms with Crippen LogP contribution in [0.1, 0.15) is 83.5 Å². The largest absolute Gasteiger partial charge is 0.492 e. The van der Waals surface area contributed by atoms with Gasteiger partial charge in [-0.3, -0.25) is 24.0 Å². The molecule has 4 bridgehead atoms. The fourth-order valence-corrected chi connectivity index (χ4v) is 8.47. The number of fused-ring (bicyclic) bond motifs is 5. The van der Waals surface area contributed by atoms with Crippen molar-refractivity contribution < 1.29 is 33.4 Å². The van der Waals surface area contributed by atoms with Crippen molar-refractivity contribution in [2.45, 2.75) is 83.5 Å². The summed E-state index contributed by atoms with van der Waals surface area (Å²) in [4.78, 5) is 81.3. The van der Waals surface area contributed by atoms with Gasteiger partial charge in [-0.25, -0.2) is 9.97 Å². The molecule has 0 spiro atoms. The summed E-state index contributed by atoms with van der Waals surface area (Å²) in [6.07, 6.45) is 6.78. The Bertz CT molecular complexity index is 2550. The van der Waals surface area contributed by atoms with E-state index < -0.39 is 53.7 Å². The lowest BCUT2D eigenvalue weighted by Gasteiger charge is -2.32. The number of allylic oxidation sites excluding steroid dienone is 2. The van der Waals surface area contributed by atoms with Gasteiger partial charge in [-0.05, 0) is 106 Å². The van der Waals surface area contributed by atoms with Gasteiger partial charge in [0.15, 0.2) is 5.82 Å². The molecule has 1 aliphatic carbocycles. The van der Waals surface area contributed by atoms with Crippen LogP contribution in [0, 0.1) is 25.2 Å². The van der Waals surface area contributed by atoms with E-state index in [0.717, 1.165) is 24.0 Å². The first kappa shape index (κ1) is 50.2. The number of carbonyl (C=O) groups excluding carboxylic acids is 5. The van der Waals surface area contributed by atoms with Gasteiger partial charge in [-0.2, -0.15) is 5.26 Å². The van der Waals surface area contributed by atoms with E-state index in [1.165, 1.54) is 37.3 Å². The molecule has 0 fully saturated rings. The van der Waals surface area contributed by atoms with Crippen LogP contribution in [0.2, 0.25) is 0 Å². The van der Waals surface area contributed by atoms with Crippen LogP contribution in [0.15, 0.2) is 66.7 Å². The molecule has 358 valence electrons. The fraction of sp³-hybridized carbons (Fsp3) is 0.400. The predicted molar refractivity (Wildman–Crippen MR) is 257 cm³/mol. The monoisotopic (exact) mass is 927 g/mol. The van der Waals surface area contributed by atoms with Gasteiger partial charge in [-0.1, -0.05) is 42.5 Å². The molecule has 1 aliphatic heterocycles. The standard InChI is InChI=1S/C50H61N11O7/c1-29-43(30(2)57-45(56-29)35-13-11-34(12-14-35)33-8-6-5-7-9-33)48(64)59-39(18-19-51)50(66)61(4)44-36-15-17-42(68-25-22-54)38(28-36)37-26-32(10-16-41(37)67-24-21-53)27-40(47(63)55-23-20-52)60-46(62)31(3)58-49(44)65/h8,10-17,26,28,31,39-40,44H,5-7,9,18-19,21-25,27,51,53-54H2,1-4H3,(H,55,63)(H,58,65)(H,59,64)(H,60,62)/t31-,39?,40-,44-/m0/s1. The molecule has 18 nitrogen and oxygen atoms in total. The van der Waals surface area contributed by atoms with Gasteiger partial charge in [0.05, 0.1) is 23.0 Å². The maximum absolute atomic E-state index is 14.8. The van der Waals surface area contributed by atoms with Crippen molar-refractivity contribution in [2.75, 3.05) is 46.4 Å². The number of aryl methyl sites for hydroxylation is 2. The molecular weight excluding hydrogens is 867 g/mol. The van der Waals surface area contributed by atoms with E-state index in [4.69, 9.17) is 36.6 Å². The van der Waals surface area contributed by atoms with Crippen LogP contribution in [0.4, 0.5) is 0 Å². The Hall–Kier alpha value is -7.20. The molecule has 2 aliphatic rings. The van der Waals surface area contributed by atoms with Crippen molar-refractivity contribution in [1.82, 2.24) is 36.1 Å². The van der Waals surface area contributed by atoms with Crippen molar-refractivity contribution in [1.29, 1.82) is 5.26 Å². The SMILES string of the molecule is Cc1nc(-c2ccc(C3=CCCCC3)cc2)nc(C)c1C(=O)NC(CCN)C(=O)N(C)[C@@H]1C(=O)N[C@@H](C)C(=O)N[C@H](C(=O)NCC#N)Cc2ccc(OCCN)c(c2)-c2cc1ccc2OCCN. The Labute approximate surface area is 396 Å². The quantitative estimate of drug-likeness (QED) is 0.0798. The summed E-state index contributed by atoms with van der Waals surface area (Å²) < 4.78 is 12.2. The fourth-order valence-electron chi connectivity index (χ4n) is 8.47. The van der Waals surface area contributed by atoms with Gasteiger partial charge in [0.1, 0.15) is 55.4 Å². The average molecular weight is 928 g/mol. The molecule has 3 aromatic carbocycles. The number of amides is 5. The van der Waals surface area contributed by atoms with Crippen LogP contribution in [-0.2, 0) is 25.6 Å². The summed E-state index contributed by atoms with van der Waals surface area (Å²) in [6, 6.07) is 15.1. The normalized spacial score (nSPS) is 17.5. The zero-order chi connectivity index (χ0) is 48.9. The molecule has 10 N–H and O–H groups in total. The first-order valence-corrected chi connectivity index (χ1v) is 22.9. The minimum atomic E-state index is -1.40. The summed E-state index contributed by atoms with van der Waals surface area (Å²) in [5.41, 5.74) is 23.9. The molecule has 68 heavy (non-hydrogen) atoms. The molecular formula is C50H61N11O7. The third-order valence-corrected chi connectivity index (χ3v) is 11.9. The summed E-state index contributed by atoms with van der Waals surface area (Å²) in [5.74, 6) is -2.10. The molecule has 6 rings (SSSR count). The van der Waals surface area contributed by atoms with E-state index in [1.807, 2.05) is 18.2 Å². The smallest absolute Gasteiger partial charge is 0.255 e. The number of benzene rings is 3. The molecule has 5 amide bonds. The molecule has 0 radical (unpaired) electrons. The van der Waals surface area contributed by atoms with Gasteiger partial charge in [0.2, 0.25) is 23.6 Å². The minimum absolute atomic E-state index is 0.00124. The average Bonchev–Trinajstić information content (AvgIpc) is 3.33. The second kappa shape index (κ2) is 23.5. The summed E-state index contributed by atoms with van der Waals surface area (Å²) in [7, 11) is 1.42. The van der Waals surface area contributed by atoms with Crippen LogP contribution < -0.4 is 47.9 Å². The highest BCUT2D eigenvalue weighted by Gasteiger charge is 2.36. The van der Waals surface area contributed by atoms with Crippen LogP contribution in [0.5, 0.6) is 11.5 Å². The number of nitriles is 1. The molecule has 4 aromatic rings. The lowest BCUT2D eigenvalue weighted by molar-refractivity contribution is -0.141. The van der Waals surface area contributed by atoms with Crippen molar-refractivity contribution in [3.63, 3.8) is 0 Å². The van der Waals surface area contributed by atoms with E-state index in [9.17, 15) is 29.2 Å². The molecule has 1 unspecified atom stereocenters. The van der Waals surface area contributed by atoms with Crippen molar-refractivity contribution in [3.8, 4) is 40.1 Å². The molecule has 2 heterocycles. The van der Waals surface area contributed by atoms with E-state index in [0.29, 0.717) is 51.0 Å². The molecule has 0 saturated carbocycles. The zero-order valence-corrected chi connectivity index (χ0v) is 39.0. The van der Waals surface area contributed by atoms with Gasteiger partial charge < -0.3 is 52.8 Å². The lowest BCUT2D eigenvalue weighted by Crippen LogP contribution is -2.56. The third-order valence-electron chi connectivity index (χ3n) is 11.9. The zero-order valence-electron chi connectivity index (χ0n) is 39.0. The number of ether oxygens (including phenoxy) is 2. The highest BCUT2D eigenvalue weighted by Crippen LogP contribution is 2.40. The Kier molecular flexibility index (Phi) is 17.4. The number of hydrogen-bond donors (Lipinski definition) is 7. The first-order chi connectivity index (χ1) is 32.8.